The fourth-order valence-electron chi connectivity index (χ4n) is 1.70. The largest absolute Gasteiger partial charge is 0.399 e. The first-order chi connectivity index (χ1) is 8.49. The van der Waals surface area contributed by atoms with Crippen LogP contribution in [0.3, 0.4) is 0 Å². The highest BCUT2D eigenvalue weighted by molar-refractivity contribution is 6.00. The molecule has 2 rings (SSSR count). The van der Waals surface area contributed by atoms with Crippen molar-refractivity contribution in [3.63, 3.8) is 0 Å². The molecule has 0 heterocycles. The number of nitrogens with two attached hydrogens (primary N) is 2. The Morgan fingerprint density at radius 2 is 1.72 bits per heavy atom. The number of halogens is 2. The van der Waals surface area contributed by atoms with Gasteiger partial charge in [-0.2, -0.15) is 0 Å². The van der Waals surface area contributed by atoms with E-state index in [0.29, 0.717) is 5.69 Å². The highest BCUT2D eigenvalue weighted by Gasteiger charge is 2.14. The van der Waals surface area contributed by atoms with E-state index in [0.717, 1.165) is 18.2 Å². The van der Waals surface area contributed by atoms with Gasteiger partial charge in [-0.3, -0.25) is 4.79 Å². The molecule has 0 saturated carbocycles. The lowest BCUT2D eigenvalue weighted by atomic mass is 9.98. The molecule has 0 unspecified atom stereocenters. The zero-order valence-electron chi connectivity index (χ0n) is 9.28. The normalized spacial score (nSPS) is 10.3. The van der Waals surface area contributed by atoms with Crippen LogP contribution in [0.5, 0.6) is 0 Å². The molecular weight excluding hydrogens is 238 g/mol. The first-order valence-corrected chi connectivity index (χ1v) is 5.14. The maximum absolute atomic E-state index is 13.6. The van der Waals surface area contributed by atoms with Gasteiger partial charge < -0.3 is 11.5 Å². The van der Waals surface area contributed by atoms with Gasteiger partial charge >= 0.3 is 0 Å². The Hall–Kier alpha value is -2.43. The molecule has 0 aliphatic rings. The van der Waals surface area contributed by atoms with Gasteiger partial charge in [0.25, 0.3) is 0 Å². The van der Waals surface area contributed by atoms with Crippen molar-refractivity contribution in [3.8, 4) is 11.1 Å². The van der Waals surface area contributed by atoms with E-state index in [4.69, 9.17) is 11.5 Å². The van der Waals surface area contributed by atoms with Gasteiger partial charge in [-0.1, -0.05) is 6.07 Å². The summed E-state index contributed by atoms with van der Waals surface area (Å²) in [6.07, 6.45) is 0. The van der Waals surface area contributed by atoms with Gasteiger partial charge in [0.2, 0.25) is 5.91 Å². The van der Waals surface area contributed by atoms with Gasteiger partial charge in [0.05, 0.1) is 0 Å². The second-order valence-electron chi connectivity index (χ2n) is 3.79. The van der Waals surface area contributed by atoms with Crippen LogP contribution in [0.15, 0.2) is 36.4 Å². The predicted octanol–water partition coefficient (Wildman–Crippen LogP) is 2.31. The van der Waals surface area contributed by atoms with E-state index >= 15 is 0 Å². The molecule has 0 aromatic heterocycles. The number of carbonyl (C=O) groups is 1. The van der Waals surface area contributed by atoms with Crippen molar-refractivity contribution in [2.45, 2.75) is 0 Å². The molecule has 0 atom stereocenters. The third-order valence-corrected chi connectivity index (χ3v) is 2.53. The average Bonchev–Trinajstić information content (AvgIpc) is 2.32. The number of nitrogen functional groups attached to an aromatic ring is 1. The maximum atomic E-state index is 13.6. The van der Waals surface area contributed by atoms with Crippen LogP contribution < -0.4 is 11.5 Å². The molecule has 5 heteroatoms. The van der Waals surface area contributed by atoms with Crippen molar-refractivity contribution in [1.29, 1.82) is 0 Å². The lowest BCUT2D eigenvalue weighted by molar-refractivity contribution is 0.100. The number of benzene rings is 2. The molecule has 0 bridgehead atoms. The van der Waals surface area contributed by atoms with Gasteiger partial charge in [-0.25, -0.2) is 8.78 Å². The monoisotopic (exact) mass is 248 g/mol. The minimum Gasteiger partial charge on any atom is -0.399 e. The molecular formula is C13H10F2N2O. The van der Waals surface area contributed by atoms with E-state index in [1.807, 2.05) is 0 Å². The molecule has 18 heavy (non-hydrogen) atoms. The number of hydrogen-bond donors (Lipinski definition) is 2. The summed E-state index contributed by atoms with van der Waals surface area (Å²) in [5.41, 5.74) is 11.3. The van der Waals surface area contributed by atoms with Crippen molar-refractivity contribution in [3.05, 3.63) is 53.6 Å². The van der Waals surface area contributed by atoms with Gasteiger partial charge in [0.1, 0.15) is 11.6 Å². The van der Waals surface area contributed by atoms with Gasteiger partial charge in [-0.05, 0) is 35.9 Å². The molecule has 0 aliphatic carbocycles. The summed E-state index contributed by atoms with van der Waals surface area (Å²) in [6, 6.07) is 7.26. The zero-order valence-corrected chi connectivity index (χ0v) is 9.28. The van der Waals surface area contributed by atoms with E-state index in [1.54, 1.807) is 0 Å². The van der Waals surface area contributed by atoms with E-state index in [-0.39, 0.29) is 16.7 Å². The Morgan fingerprint density at radius 1 is 1.00 bits per heavy atom. The van der Waals surface area contributed by atoms with Crippen LogP contribution in [-0.4, -0.2) is 5.91 Å². The van der Waals surface area contributed by atoms with Crippen LogP contribution in [0, 0.1) is 11.6 Å². The van der Waals surface area contributed by atoms with Crippen molar-refractivity contribution >= 4 is 11.6 Å². The Kier molecular flexibility index (Phi) is 2.97. The van der Waals surface area contributed by atoms with Gasteiger partial charge in [-0.15, -0.1) is 0 Å². The summed E-state index contributed by atoms with van der Waals surface area (Å²) < 4.78 is 26.8. The third-order valence-electron chi connectivity index (χ3n) is 2.53. The van der Waals surface area contributed by atoms with Crippen molar-refractivity contribution in [2.75, 3.05) is 5.73 Å². The summed E-state index contributed by atoms with van der Waals surface area (Å²) in [7, 11) is 0. The molecule has 3 nitrogen and oxygen atoms in total. The molecule has 0 aliphatic heterocycles. The van der Waals surface area contributed by atoms with Gasteiger partial charge in [0.15, 0.2) is 0 Å². The minimum absolute atomic E-state index is 0.0243. The third kappa shape index (κ3) is 2.15. The summed E-state index contributed by atoms with van der Waals surface area (Å²) in [4.78, 5) is 11.3. The number of hydrogen-bond acceptors (Lipinski definition) is 2. The maximum Gasteiger partial charge on any atom is 0.249 e. The number of primary amides is 1. The van der Waals surface area contributed by atoms with E-state index < -0.39 is 17.5 Å². The van der Waals surface area contributed by atoms with Crippen molar-refractivity contribution < 1.29 is 13.6 Å². The number of rotatable bonds is 2. The smallest absolute Gasteiger partial charge is 0.249 e. The standard InChI is InChI=1S/C13H10F2N2O/c14-7-1-4-12(15)10(5-7)9-3-2-8(16)6-11(9)13(17)18/h1-6H,16H2,(H2,17,18). The van der Waals surface area contributed by atoms with E-state index in [9.17, 15) is 13.6 Å². The lowest BCUT2D eigenvalue weighted by Crippen LogP contribution is -2.13. The van der Waals surface area contributed by atoms with Crippen LogP contribution in [0.1, 0.15) is 10.4 Å². The molecule has 0 radical (unpaired) electrons. The average molecular weight is 248 g/mol. The van der Waals surface area contributed by atoms with Gasteiger partial charge in [0, 0.05) is 16.8 Å². The minimum atomic E-state index is -0.749. The first-order valence-electron chi connectivity index (χ1n) is 5.14. The van der Waals surface area contributed by atoms with Crippen LogP contribution in [-0.2, 0) is 0 Å². The SMILES string of the molecule is NC(=O)c1cc(N)ccc1-c1cc(F)ccc1F. The Labute approximate surface area is 102 Å². The highest BCUT2D eigenvalue weighted by Crippen LogP contribution is 2.28. The molecule has 0 fully saturated rings. The first kappa shape index (κ1) is 12.0. The summed E-state index contributed by atoms with van der Waals surface area (Å²) in [5.74, 6) is -1.98. The molecule has 0 saturated heterocycles. The fourth-order valence-corrected chi connectivity index (χ4v) is 1.70. The molecule has 92 valence electrons. The highest BCUT2D eigenvalue weighted by atomic mass is 19.1. The Balaban J connectivity index is 2.70. The number of anilines is 1. The Bertz CT molecular complexity index is 626. The van der Waals surface area contributed by atoms with Crippen molar-refractivity contribution in [2.24, 2.45) is 5.73 Å². The second-order valence-corrected chi connectivity index (χ2v) is 3.79. The summed E-state index contributed by atoms with van der Waals surface area (Å²) in [6.45, 7) is 0. The van der Waals surface area contributed by atoms with Crippen LogP contribution in [0.4, 0.5) is 14.5 Å². The van der Waals surface area contributed by atoms with E-state index in [2.05, 4.69) is 0 Å². The van der Waals surface area contributed by atoms with Crippen LogP contribution in [0.25, 0.3) is 11.1 Å². The van der Waals surface area contributed by atoms with E-state index in [1.165, 1.54) is 18.2 Å². The number of carbonyl (C=O) groups excluding carboxylic acids is 1. The van der Waals surface area contributed by atoms with Crippen molar-refractivity contribution in [1.82, 2.24) is 0 Å². The van der Waals surface area contributed by atoms with Crippen LogP contribution in [0.2, 0.25) is 0 Å². The second kappa shape index (κ2) is 4.44. The molecule has 1 amide bonds. The van der Waals surface area contributed by atoms with Crippen LogP contribution >= 0.6 is 0 Å². The summed E-state index contributed by atoms with van der Waals surface area (Å²) >= 11 is 0. The molecule has 2 aromatic rings. The topological polar surface area (TPSA) is 69.1 Å². The lowest BCUT2D eigenvalue weighted by Gasteiger charge is -2.09. The Morgan fingerprint density at radius 3 is 2.39 bits per heavy atom. The summed E-state index contributed by atoms with van der Waals surface area (Å²) in [5, 5.41) is 0. The number of amides is 1. The molecule has 4 N–H and O–H groups in total. The fraction of sp³-hybridized carbons (Fsp3) is 0. The molecule has 0 spiro atoms. The molecule has 2 aromatic carbocycles. The quantitative estimate of drug-likeness (QED) is 0.801. The predicted molar refractivity (Wildman–Crippen MR) is 64.7 cm³/mol. The zero-order chi connectivity index (χ0) is 13.3.